The Hall–Kier alpha value is -2.26. The minimum absolute atomic E-state index is 0.744. The van der Waals surface area contributed by atoms with E-state index >= 15 is 0 Å². The maximum Gasteiger partial charge on any atom is 0.133 e. The van der Waals surface area contributed by atoms with Gasteiger partial charge in [0.1, 0.15) is 5.82 Å². The Kier molecular flexibility index (Phi) is 4.26. The molecule has 1 aromatic heterocycles. The molecule has 0 atom stereocenters. The molecule has 4 rings (SSSR count). The van der Waals surface area contributed by atoms with Gasteiger partial charge in [-0.15, -0.1) is 0 Å². The molecule has 2 heterocycles. The molecule has 0 fully saturated rings. The second kappa shape index (κ2) is 6.57. The van der Waals surface area contributed by atoms with Crippen molar-refractivity contribution in [2.75, 3.05) is 11.9 Å². The average molecular weight is 352 g/mol. The summed E-state index contributed by atoms with van der Waals surface area (Å²) in [5, 5.41) is 9.35. The van der Waals surface area contributed by atoms with Crippen molar-refractivity contribution in [2.45, 2.75) is 33.1 Å². The van der Waals surface area contributed by atoms with E-state index in [4.69, 9.17) is 16.7 Å². The van der Waals surface area contributed by atoms with Crippen LogP contribution in [0.3, 0.4) is 0 Å². The van der Waals surface area contributed by atoms with E-state index in [1.165, 1.54) is 29.5 Å². The molecule has 0 aliphatic carbocycles. The highest BCUT2D eigenvalue weighted by molar-refractivity contribution is 6.30. The minimum atomic E-state index is 0.744. The van der Waals surface area contributed by atoms with Crippen molar-refractivity contribution < 1.29 is 0 Å². The summed E-state index contributed by atoms with van der Waals surface area (Å²) in [6.07, 6.45) is 3.39. The predicted molar refractivity (Wildman–Crippen MR) is 105 cm³/mol. The third-order valence-corrected chi connectivity index (χ3v) is 5.04. The Morgan fingerprint density at radius 3 is 2.76 bits per heavy atom. The van der Waals surface area contributed by atoms with Gasteiger partial charge in [0.25, 0.3) is 0 Å². The number of benzene rings is 2. The van der Waals surface area contributed by atoms with Crippen LogP contribution in [0.2, 0.25) is 5.02 Å². The summed E-state index contributed by atoms with van der Waals surface area (Å²) in [5.74, 6) is 1.12. The Morgan fingerprint density at radius 2 is 1.96 bits per heavy atom. The topological polar surface area (TPSA) is 29.9 Å². The van der Waals surface area contributed by atoms with E-state index in [1.54, 1.807) is 0 Å². The SMILES string of the molecule is Cc1ccc(-n2nc(-c3cccc(Cl)c3)c3c2NCCCC3)c(C)c1. The van der Waals surface area contributed by atoms with Gasteiger partial charge in [0, 0.05) is 22.7 Å². The average Bonchev–Trinajstić information content (AvgIpc) is 2.77. The van der Waals surface area contributed by atoms with Crippen molar-refractivity contribution in [1.82, 2.24) is 9.78 Å². The third kappa shape index (κ3) is 3.05. The summed E-state index contributed by atoms with van der Waals surface area (Å²) < 4.78 is 2.08. The molecule has 3 nitrogen and oxygen atoms in total. The van der Waals surface area contributed by atoms with Crippen LogP contribution in [0.25, 0.3) is 16.9 Å². The van der Waals surface area contributed by atoms with Crippen molar-refractivity contribution in [3.8, 4) is 16.9 Å². The molecule has 1 aliphatic heterocycles. The van der Waals surface area contributed by atoms with Crippen molar-refractivity contribution in [2.24, 2.45) is 0 Å². The first kappa shape index (κ1) is 16.2. The predicted octanol–water partition coefficient (Wildman–Crippen LogP) is 5.56. The molecule has 0 saturated heterocycles. The van der Waals surface area contributed by atoms with Crippen LogP contribution < -0.4 is 5.32 Å². The van der Waals surface area contributed by atoms with Crippen LogP contribution in [0.5, 0.6) is 0 Å². The van der Waals surface area contributed by atoms with Crippen LogP contribution in [-0.2, 0) is 6.42 Å². The number of nitrogens with one attached hydrogen (secondary N) is 1. The first-order valence-corrected chi connectivity index (χ1v) is 9.20. The normalized spacial score (nSPS) is 13.9. The number of halogens is 1. The summed E-state index contributed by atoms with van der Waals surface area (Å²) in [4.78, 5) is 0. The van der Waals surface area contributed by atoms with Gasteiger partial charge >= 0.3 is 0 Å². The summed E-state index contributed by atoms with van der Waals surface area (Å²) in [6, 6.07) is 14.5. The molecule has 0 bridgehead atoms. The molecule has 1 aliphatic rings. The summed E-state index contributed by atoms with van der Waals surface area (Å²) in [6.45, 7) is 5.25. The van der Waals surface area contributed by atoms with E-state index in [0.717, 1.165) is 40.8 Å². The molecular weight excluding hydrogens is 330 g/mol. The number of aromatic nitrogens is 2. The van der Waals surface area contributed by atoms with E-state index in [1.807, 2.05) is 18.2 Å². The lowest BCUT2D eigenvalue weighted by atomic mass is 10.0. The van der Waals surface area contributed by atoms with Gasteiger partial charge in [-0.2, -0.15) is 5.10 Å². The van der Waals surface area contributed by atoms with Crippen molar-refractivity contribution in [1.29, 1.82) is 0 Å². The molecule has 0 saturated carbocycles. The van der Waals surface area contributed by atoms with E-state index in [-0.39, 0.29) is 0 Å². The first-order chi connectivity index (χ1) is 12.1. The standard InChI is InChI=1S/C21H22ClN3/c1-14-9-10-19(15(2)12-14)25-21-18(8-3-4-11-23-21)20(24-25)16-6-5-7-17(22)13-16/h5-7,9-10,12-13,23H,3-4,8,11H2,1-2H3. The van der Waals surface area contributed by atoms with Gasteiger partial charge in [-0.1, -0.05) is 41.4 Å². The number of fused-ring (bicyclic) bond motifs is 1. The highest BCUT2D eigenvalue weighted by Gasteiger charge is 2.22. The number of rotatable bonds is 2. The molecule has 4 heteroatoms. The molecule has 128 valence electrons. The van der Waals surface area contributed by atoms with E-state index in [9.17, 15) is 0 Å². The third-order valence-electron chi connectivity index (χ3n) is 4.81. The lowest BCUT2D eigenvalue weighted by Crippen LogP contribution is -2.08. The highest BCUT2D eigenvalue weighted by Crippen LogP contribution is 2.35. The van der Waals surface area contributed by atoms with E-state index in [0.29, 0.717) is 0 Å². The number of hydrogen-bond donors (Lipinski definition) is 1. The molecule has 0 spiro atoms. The maximum atomic E-state index is 6.23. The van der Waals surface area contributed by atoms with Crippen LogP contribution in [0.4, 0.5) is 5.82 Å². The van der Waals surface area contributed by atoms with Gasteiger partial charge in [0.05, 0.1) is 11.4 Å². The molecule has 0 amide bonds. The van der Waals surface area contributed by atoms with Crippen LogP contribution in [0.15, 0.2) is 42.5 Å². The van der Waals surface area contributed by atoms with Gasteiger partial charge in [0.2, 0.25) is 0 Å². The minimum Gasteiger partial charge on any atom is -0.370 e. The maximum absolute atomic E-state index is 6.23. The Balaban J connectivity index is 1.93. The summed E-state index contributed by atoms with van der Waals surface area (Å²) >= 11 is 6.23. The fourth-order valence-corrected chi connectivity index (χ4v) is 3.78. The molecule has 25 heavy (non-hydrogen) atoms. The molecule has 3 aromatic rings. The summed E-state index contributed by atoms with van der Waals surface area (Å²) in [7, 11) is 0. The largest absolute Gasteiger partial charge is 0.370 e. The van der Waals surface area contributed by atoms with E-state index in [2.05, 4.69) is 48.1 Å². The fourth-order valence-electron chi connectivity index (χ4n) is 3.59. The summed E-state index contributed by atoms with van der Waals surface area (Å²) in [5.41, 5.74) is 7.03. The second-order valence-electron chi connectivity index (χ2n) is 6.77. The zero-order valence-electron chi connectivity index (χ0n) is 14.6. The van der Waals surface area contributed by atoms with E-state index < -0.39 is 0 Å². The van der Waals surface area contributed by atoms with Gasteiger partial charge in [-0.3, -0.25) is 0 Å². The zero-order chi connectivity index (χ0) is 17.4. The fraction of sp³-hybridized carbons (Fsp3) is 0.286. The lowest BCUT2D eigenvalue weighted by Gasteiger charge is -2.12. The second-order valence-corrected chi connectivity index (χ2v) is 7.21. The van der Waals surface area contributed by atoms with Crippen LogP contribution in [-0.4, -0.2) is 16.3 Å². The smallest absolute Gasteiger partial charge is 0.133 e. The van der Waals surface area contributed by atoms with Gasteiger partial charge < -0.3 is 5.32 Å². The Morgan fingerprint density at radius 1 is 1.08 bits per heavy atom. The molecule has 0 unspecified atom stereocenters. The van der Waals surface area contributed by atoms with Crippen LogP contribution >= 0.6 is 11.6 Å². The number of aryl methyl sites for hydroxylation is 2. The lowest BCUT2D eigenvalue weighted by molar-refractivity contribution is 0.779. The van der Waals surface area contributed by atoms with Crippen molar-refractivity contribution in [3.05, 3.63) is 64.2 Å². The quantitative estimate of drug-likeness (QED) is 0.655. The molecular formula is C21H22ClN3. The zero-order valence-corrected chi connectivity index (χ0v) is 15.4. The van der Waals surface area contributed by atoms with Crippen molar-refractivity contribution >= 4 is 17.4 Å². The van der Waals surface area contributed by atoms with Crippen LogP contribution in [0.1, 0.15) is 29.5 Å². The number of anilines is 1. The molecule has 2 aromatic carbocycles. The molecule has 0 radical (unpaired) electrons. The number of nitrogens with zero attached hydrogens (tertiary/aromatic N) is 2. The highest BCUT2D eigenvalue weighted by atomic mass is 35.5. The first-order valence-electron chi connectivity index (χ1n) is 8.83. The number of hydrogen-bond acceptors (Lipinski definition) is 2. The van der Waals surface area contributed by atoms with Crippen LogP contribution in [0, 0.1) is 13.8 Å². The monoisotopic (exact) mass is 351 g/mol. The Bertz CT molecular complexity index is 927. The Labute approximate surface area is 153 Å². The van der Waals surface area contributed by atoms with Gasteiger partial charge in [-0.25, -0.2) is 4.68 Å². The van der Waals surface area contributed by atoms with Crippen molar-refractivity contribution in [3.63, 3.8) is 0 Å². The van der Waals surface area contributed by atoms with Gasteiger partial charge in [-0.05, 0) is 56.9 Å². The molecule has 1 N–H and O–H groups in total. The van der Waals surface area contributed by atoms with Gasteiger partial charge in [0.15, 0.2) is 0 Å².